The van der Waals surface area contributed by atoms with Gasteiger partial charge in [0.25, 0.3) is 0 Å². The van der Waals surface area contributed by atoms with Gasteiger partial charge in [0.15, 0.2) is 5.96 Å². The molecule has 7 nitrogen and oxygen atoms in total. The van der Waals surface area contributed by atoms with Gasteiger partial charge in [0.1, 0.15) is 11.6 Å². The highest BCUT2D eigenvalue weighted by molar-refractivity contribution is 5.83. The van der Waals surface area contributed by atoms with Crippen LogP contribution in [0.2, 0.25) is 0 Å². The molecule has 0 radical (unpaired) electrons. The largest absolute Gasteiger partial charge is 0.497 e. The Morgan fingerprint density at radius 1 is 1.16 bits per heavy atom. The van der Waals surface area contributed by atoms with Gasteiger partial charge >= 0.3 is 0 Å². The molecule has 2 heterocycles. The fraction of sp³-hybridized carbons (Fsp3) is 0.217. The first kappa shape index (κ1) is 20.5. The quantitative estimate of drug-likeness (QED) is 0.316. The smallest absolute Gasteiger partial charge is 0.191 e. The molecule has 0 unspecified atom stereocenters. The van der Waals surface area contributed by atoms with Crippen LogP contribution in [0.25, 0.3) is 16.6 Å². The number of nitrogens with zero attached hydrogens (tertiary/aromatic N) is 3. The van der Waals surface area contributed by atoms with Crippen molar-refractivity contribution in [1.82, 2.24) is 25.4 Å². The molecule has 4 aromatic rings. The molecule has 0 spiro atoms. The van der Waals surface area contributed by atoms with Crippen LogP contribution in [0.3, 0.4) is 0 Å². The summed E-state index contributed by atoms with van der Waals surface area (Å²) in [6.07, 6.45) is 4.59. The third-order valence-electron chi connectivity index (χ3n) is 5.06. The van der Waals surface area contributed by atoms with E-state index in [4.69, 9.17) is 4.74 Å². The Morgan fingerprint density at radius 3 is 2.77 bits per heavy atom. The third-order valence-corrected chi connectivity index (χ3v) is 5.06. The molecule has 0 saturated carbocycles. The summed E-state index contributed by atoms with van der Waals surface area (Å²) < 4.78 is 20.5. The van der Waals surface area contributed by atoms with E-state index in [1.807, 2.05) is 47.4 Å². The number of rotatable bonds is 7. The number of halogens is 1. The zero-order valence-electron chi connectivity index (χ0n) is 17.5. The average Bonchev–Trinajstić information content (AvgIpc) is 3.43. The van der Waals surface area contributed by atoms with Crippen LogP contribution in [-0.2, 0) is 13.0 Å². The first-order valence-electron chi connectivity index (χ1n) is 10.1. The van der Waals surface area contributed by atoms with Gasteiger partial charge < -0.3 is 20.4 Å². The predicted molar refractivity (Wildman–Crippen MR) is 120 cm³/mol. The van der Waals surface area contributed by atoms with Crippen molar-refractivity contribution in [3.63, 3.8) is 0 Å². The number of hydrogen-bond donors (Lipinski definition) is 3. The molecule has 0 aliphatic carbocycles. The molecule has 160 valence electrons. The predicted octanol–water partition coefficient (Wildman–Crippen LogP) is 3.41. The van der Waals surface area contributed by atoms with Crippen LogP contribution in [0.1, 0.15) is 11.3 Å². The van der Waals surface area contributed by atoms with E-state index in [0.29, 0.717) is 19.0 Å². The summed E-state index contributed by atoms with van der Waals surface area (Å²) >= 11 is 0. The van der Waals surface area contributed by atoms with Crippen molar-refractivity contribution in [2.24, 2.45) is 4.99 Å². The van der Waals surface area contributed by atoms with Crippen molar-refractivity contribution in [1.29, 1.82) is 0 Å². The van der Waals surface area contributed by atoms with Crippen molar-refractivity contribution in [2.45, 2.75) is 13.0 Å². The van der Waals surface area contributed by atoms with Crippen molar-refractivity contribution in [3.8, 4) is 11.4 Å². The minimum Gasteiger partial charge on any atom is -0.497 e. The molecule has 0 bridgehead atoms. The maximum Gasteiger partial charge on any atom is 0.191 e. The Bertz CT molecular complexity index is 1180. The van der Waals surface area contributed by atoms with E-state index in [2.05, 4.69) is 25.7 Å². The maximum absolute atomic E-state index is 13.5. The van der Waals surface area contributed by atoms with Crippen LogP contribution in [0.15, 0.2) is 65.9 Å². The van der Waals surface area contributed by atoms with Gasteiger partial charge in [0.2, 0.25) is 0 Å². The minimum absolute atomic E-state index is 0.229. The van der Waals surface area contributed by atoms with Crippen LogP contribution in [0, 0.1) is 5.82 Å². The van der Waals surface area contributed by atoms with Crippen molar-refractivity contribution < 1.29 is 9.13 Å². The zero-order valence-corrected chi connectivity index (χ0v) is 17.5. The van der Waals surface area contributed by atoms with E-state index in [9.17, 15) is 4.39 Å². The highest BCUT2D eigenvalue weighted by Gasteiger charge is 2.07. The number of fused-ring (bicyclic) bond motifs is 1. The Kier molecular flexibility index (Phi) is 6.16. The molecule has 0 atom stereocenters. The molecule has 0 saturated heterocycles. The van der Waals surface area contributed by atoms with Crippen LogP contribution in [0.5, 0.6) is 5.75 Å². The molecule has 8 heteroatoms. The summed E-state index contributed by atoms with van der Waals surface area (Å²) in [7, 11) is 3.38. The van der Waals surface area contributed by atoms with Gasteiger partial charge in [0, 0.05) is 36.9 Å². The molecule has 0 fully saturated rings. The molecule has 31 heavy (non-hydrogen) atoms. The fourth-order valence-corrected chi connectivity index (χ4v) is 3.40. The minimum atomic E-state index is -0.229. The second-order valence-corrected chi connectivity index (χ2v) is 7.06. The molecule has 0 amide bonds. The Hall–Kier alpha value is -3.81. The van der Waals surface area contributed by atoms with E-state index < -0.39 is 0 Å². The number of hydrogen-bond acceptors (Lipinski definition) is 3. The molecular formula is C23H25FN6O. The molecule has 0 aliphatic rings. The van der Waals surface area contributed by atoms with Crippen molar-refractivity contribution in [2.75, 3.05) is 20.7 Å². The summed E-state index contributed by atoms with van der Waals surface area (Å²) in [6.45, 7) is 1.21. The van der Waals surface area contributed by atoms with Gasteiger partial charge in [-0.15, -0.1) is 0 Å². The van der Waals surface area contributed by atoms with Crippen molar-refractivity contribution in [3.05, 3.63) is 78.0 Å². The summed E-state index contributed by atoms with van der Waals surface area (Å²) in [5.74, 6) is 1.27. The van der Waals surface area contributed by atoms with Gasteiger partial charge in [-0.3, -0.25) is 4.99 Å². The van der Waals surface area contributed by atoms with Gasteiger partial charge in [-0.1, -0.05) is 0 Å². The first-order valence-corrected chi connectivity index (χ1v) is 10.1. The molecular weight excluding hydrogens is 395 g/mol. The topological polar surface area (TPSA) is 79.3 Å². The number of benzene rings is 2. The molecule has 4 rings (SSSR count). The van der Waals surface area contributed by atoms with Crippen LogP contribution in [0.4, 0.5) is 4.39 Å². The van der Waals surface area contributed by atoms with E-state index in [1.54, 1.807) is 26.3 Å². The lowest BCUT2D eigenvalue weighted by molar-refractivity contribution is 0.414. The normalized spacial score (nSPS) is 11.6. The van der Waals surface area contributed by atoms with Gasteiger partial charge in [-0.2, -0.15) is 5.10 Å². The van der Waals surface area contributed by atoms with Crippen LogP contribution < -0.4 is 15.4 Å². The highest BCUT2D eigenvalue weighted by atomic mass is 19.1. The maximum atomic E-state index is 13.5. The first-order chi connectivity index (χ1) is 15.2. The number of aromatic nitrogens is 3. The molecule has 2 aromatic carbocycles. The van der Waals surface area contributed by atoms with E-state index in [-0.39, 0.29) is 5.82 Å². The van der Waals surface area contributed by atoms with Crippen LogP contribution in [-0.4, -0.2) is 41.4 Å². The number of ether oxygens (including phenoxy) is 1. The molecule has 3 N–H and O–H groups in total. The lowest BCUT2D eigenvalue weighted by Crippen LogP contribution is -2.37. The Balaban J connectivity index is 1.29. The number of methoxy groups -OCH3 is 1. The van der Waals surface area contributed by atoms with E-state index >= 15 is 0 Å². The lowest BCUT2D eigenvalue weighted by Gasteiger charge is -2.11. The molecule has 0 aliphatic heterocycles. The van der Waals surface area contributed by atoms with Crippen molar-refractivity contribution >= 4 is 16.9 Å². The Labute approximate surface area is 180 Å². The SMILES string of the molecule is CN=C(NCCc1c[nH]c2ccc(F)cc12)NCc1ccn(-c2ccc(OC)cc2)n1. The third kappa shape index (κ3) is 4.85. The van der Waals surface area contributed by atoms with E-state index in [1.165, 1.54) is 6.07 Å². The van der Waals surface area contributed by atoms with Gasteiger partial charge in [0.05, 0.1) is 25.0 Å². The zero-order chi connectivity index (χ0) is 21.6. The second kappa shape index (κ2) is 9.34. The monoisotopic (exact) mass is 420 g/mol. The second-order valence-electron chi connectivity index (χ2n) is 7.06. The van der Waals surface area contributed by atoms with E-state index in [0.717, 1.165) is 40.0 Å². The number of aromatic amines is 1. The summed E-state index contributed by atoms with van der Waals surface area (Å²) in [5, 5.41) is 12.1. The van der Waals surface area contributed by atoms with Gasteiger partial charge in [-0.05, 0) is 60.5 Å². The number of nitrogens with one attached hydrogen (secondary N) is 3. The highest BCUT2D eigenvalue weighted by Crippen LogP contribution is 2.19. The number of H-pyrrole nitrogens is 1. The van der Waals surface area contributed by atoms with Gasteiger partial charge in [-0.25, -0.2) is 9.07 Å². The molecule has 2 aromatic heterocycles. The number of aliphatic imine (C=N–C) groups is 1. The standard InChI is InChI=1S/C23H25FN6O/c1-25-23(26-11-9-16-14-27-22-8-3-17(24)13-21(16)22)28-15-18-10-12-30(29-18)19-4-6-20(31-2)7-5-19/h3-8,10,12-14,27H,9,11,15H2,1-2H3,(H2,25,26,28). The number of guanidine groups is 1. The summed E-state index contributed by atoms with van der Waals surface area (Å²) in [4.78, 5) is 7.44. The Morgan fingerprint density at radius 2 is 2.00 bits per heavy atom. The summed E-state index contributed by atoms with van der Waals surface area (Å²) in [6, 6.07) is 14.5. The lowest BCUT2D eigenvalue weighted by atomic mass is 10.1. The average molecular weight is 420 g/mol. The summed E-state index contributed by atoms with van der Waals surface area (Å²) in [5.41, 5.74) is 3.86. The fourth-order valence-electron chi connectivity index (χ4n) is 3.40. The van der Waals surface area contributed by atoms with Crippen LogP contribution >= 0.6 is 0 Å².